The predicted octanol–water partition coefficient (Wildman–Crippen LogP) is 2.42. The fourth-order valence-electron chi connectivity index (χ4n) is 8.25. The number of hydrogen-bond donors (Lipinski definition) is 13. The summed E-state index contributed by atoms with van der Waals surface area (Å²) < 4.78 is 21.7. The van der Waals surface area contributed by atoms with E-state index >= 15 is 0 Å². The van der Waals surface area contributed by atoms with Crippen LogP contribution >= 0.6 is 0 Å². The van der Waals surface area contributed by atoms with Crippen LogP contribution < -0.4 is 90.6 Å². The molecule has 0 aliphatic rings. The van der Waals surface area contributed by atoms with Crippen molar-refractivity contribution >= 4 is 70.0 Å². The first-order valence-corrected chi connectivity index (χ1v) is 26.2. The highest BCUT2D eigenvalue weighted by molar-refractivity contribution is 6.07. The van der Waals surface area contributed by atoms with Gasteiger partial charge in [-0.25, -0.2) is 0 Å². The number of methoxy groups -OCH3 is 4. The Morgan fingerprint density at radius 2 is 0.662 bits per heavy atom. The molecule has 0 aromatic heterocycles. The van der Waals surface area contributed by atoms with Gasteiger partial charge in [0.15, 0.2) is 0 Å². The molecule has 4 atom stereocenters. The first kappa shape index (κ1) is 64.2. The van der Waals surface area contributed by atoms with Crippen LogP contribution in [0.3, 0.4) is 0 Å². The topological polar surface area (TPSA) is 414 Å². The van der Waals surface area contributed by atoms with E-state index in [0.29, 0.717) is 71.0 Å². The third-order valence-corrected chi connectivity index (χ3v) is 12.6. The number of carbonyl (C=O) groups excluding carboxylic acids is 8. The molecule has 0 bridgehead atoms. The van der Waals surface area contributed by atoms with E-state index in [2.05, 4.69) is 37.2 Å². The molecule has 25 heteroatoms. The van der Waals surface area contributed by atoms with Crippen molar-refractivity contribution in [3.05, 3.63) is 95.1 Å². The summed E-state index contributed by atoms with van der Waals surface area (Å²) in [5, 5.41) is 19.2. The Bertz CT molecular complexity index is 2780. The van der Waals surface area contributed by atoms with E-state index in [4.69, 9.17) is 53.3 Å². The van der Waals surface area contributed by atoms with Gasteiger partial charge in [0.2, 0.25) is 23.6 Å². The van der Waals surface area contributed by atoms with Gasteiger partial charge < -0.3 is 90.6 Å². The van der Waals surface area contributed by atoms with Crippen LogP contribution in [0.5, 0.6) is 23.0 Å². The monoisotopic (exact) mass is 1110 g/mol. The Kier molecular flexibility index (Phi) is 26.6. The van der Waals surface area contributed by atoms with Gasteiger partial charge in [0.25, 0.3) is 23.6 Å². The van der Waals surface area contributed by atoms with Crippen molar-refractivity contribution in [2.75, 3.05) is 75.9 Å². The molecular formula is C55H77N13O12. The average Bonchev–Trinajstić information content (AvgIpc) is 3.45. The molecule has 4 aromatic rings. The van der Waals surface area contributed by atoms with Gasteiger partial charge in [0.05, 0.1) is 56.7 Å². The minimum atomic E-state index is -1.17. The summed E-state index contributed by atoms with van der Waals surface area (Å²) in [4.78, 5) is 109. The second kappa shape index (κ2) is 33.2. The molecule has 80 heavy (non-hydrogen) atoms. The van der Waals surface area contributed by atoms with Gasteiger partial charge in [-0.2, -0.15) is 0 Å². The third kappa shape index (κ3) is 19.2. The molecule has 0 fully saturated rings. The van der Waals surface area contributed by atoms with Crippen molar-refractivity contribution in [1.82, 2.24) is 16.0 Å². The number of rotatable bonds is 34. The SMILES string of the molecule is COc1ccc(NC(=O)[C@H](CCCN)NC(=O)c2cc(NC(=O)[C@H](CCCCN)NC(=O)c3cc(NC(=O)[C@H](CCCCN)NC(=O)c4cc(NC(=O)[C@@H](N)CCCCN)ccc4OC)ccc3OC)ccc2OC)cc1C(N)=O. The minimum Gasteiger partial charge on any atom is -0.496 e. The van der Waals surface area contributed by atoms with Gasteiger partial charge in [-0.3, -0.25) is 38.4 Å². The minimum absolute atomic E-state index is 0.0287. The molecule has 0 aliphatic carbocycles. The lowest BCUT2D eigenvalue weighted by molar-refractivity contribution is -0.118. The van der Waals surface area contributed by atoms with Gasteiger partial charge in [0, 0.05) is 22.7 Å². The zero-order valence-corrected chi connectivity index (χ0v) is 45.7. The van der Waals surface area contributed by atoms with Crippen LogP contribution in [-0.2, 0) is 19.2 Å². The van der Waals surface area contributed by atoms with E-state index in [9.17, 15) is 38.4 Å². The van der Waals surface area contributed by atoms with Gasteiger partial charge in [-0.15, -0.1) is 0 Å². The van der Waals surface area contributed by atoms with Crippen LogP contribution in [0.4, 0.5) is 22.7 Å². The quantitative estimate of drug-likeness (QED) is 0.0299. The van der Waals surface area contributed by atoms with E-state index in [-0.39, 0.29) is 93.8 Å². The number of benzene rings is 4. The van der Waals surface area contributed by atoms with E-state index in [1.54, 1.807) is 6.07 Å². The number of hydrogen-bond acceptors (Lipinski definition) is 17. The number of unbranched alkanes of at least 4 members (excludes halogenated alkanes) is 3. The molecule has 0 radical (unpaired) electrons. The molecule has 25 nitrogen and oxygen atoms in total. The molecule has 0 aliphatic heterocycles. The number of amides is 8. The molecule has 0 saturated carbocycles. The van der Waals surface area contributed by atoms with Crippen molar-refractivity contribution in [3.63, 3.8) is 0 Å². The molecule has 19 N–H and O–H groups in total. The molecule has 0 spiro atoms. The van der Waals surface area contributed by atoms with Crippen LogP contribution in [-0.4, -0.2) is 126 Å². The molecule has 0 heterocycles. The molecule has 0 saturated heterocycles. The Labute approximate surface area is 465 Å². The fourth-order valence-corrected chi connectivity index (χ4v) is 8.25. The second-order valence-electron chi connectivity index (χ2n) is 18.5. The summed E-state index contributed by atoms with van der Waals surface area (Å²) in [6.07, 6.45) is 4.54. The maximum atomic E-state index is 14.2. The molecule has 434 valence electrons. The van der Waals surface area contributed by atoms with Gasteiger partial charge in [0.1, 0.15) is 41.1 Å². The summed E-state index contributed by atoms with van der Waals surface area (Å²) in [5.41, 5.74) is 35.2. The van der Waals surface area contributed by atoms with E-state index in [0.717, 1.165) is 0 Å². The number of nitrogens with two attached hydrogens (primary N) is 6. The highest BCUT2D eigenvalue weighted by atomic mass is 16.5. The number of carbonyl (C=O) groups is 8. The average molecular weight is 1110 g/mol. The molecule has 8 amide bonds. The summed E-state index contributed by atoms with van der Waals surface area (Å²) in [7, 11) is 5.43. The molecule has 4 aromatic carbocycles. The molecule has 4 rings (SSSR count). The summed E-state index contributed by atoms with van der Waals surface area (Å²) >= 11 is 0. The maximum absolute atomic E-state index is 14.2. The Balaban J connectivity index is 1.54. The van der Waals surface area contributed by atoms with E-state index in [1.165, 1.54) is 95.2 Å². The lowest BCUT2D eigenvalue weighted by Crippen LogP contribution is -2.44. The van der Waals surface area contributed by atoms with Crippen LogP contribution in [0.25, 0.3) is 0 Å². The highest BCUT2D eigenvalue weighted by Gasteiger charge is 2.29. The van der Waals surface area contributed by atoms with Gasteiger partial charge in [-0.05, 0) is 163 Å². The maximum Gasteiger partial charge on any atom is 0.255 e. The Morgan fingerprint density at radius 1 is 0.388 bits per heavy atom. The van der Waals surface area contributed by atoms with E-state index < -0.39 is 71.4 Å². The third-order valence-electron chi connectivity index (χ3n) is 12.6. The summed E-state index contributed by atoms with van der Waals surface area (Å²) in [5.74, 6) is -4.71. The van der Waals surface area contributed by atoms with Crippen molar-refractivity contribution in [1.29, 1.82) is 0 Å². The summed E-state index contributed by atoms with van der Waals surface area (Å²) in [6.45, 7) is 1.33. The predicted molar refractivity (Wildman–Crippen MR) is 304 cm³/mol. The number of anilines is 4. The Hall–Kier alpha value is -8.36. The van der Waals surface area contributed by atoms with Crippen LogP contribution in [0, 0.1) is 0 Å². The molecular weight excluding hydrogens is 1030 g/mol. The normalized spacial score (nSPS) is 12.3. The lowest BCUT2D eigenvalue weighted by Gasteiger charge is -2.22. The largest absolute Gasteiger partial charge is 0.496 e. The fraction of sp³-hybridized carbons (Fsp3) is 0.418. The van der Waals surface area contributed by atoms with Crippen molar-refractivity contribution in [3.8, 4) is 23.0 Å². The lowest BCUT2D eigenvalue weighted by atomic mass is 10.1. The van der Waals surface area contributed by atoms with E-state index in [1.807, 2.05) is 0 Å². The first-order valence-electron chi connectivity index (χ1n) is 26.2. The summed E-state index contributed by atoms with van der Waals surface area (Å²) in [6, 6.07) is 13.2. The number of primary amides is 1. The number of ether oxygens (including phenoxy) is 4. The Morgan fingerprint density at radius 3 is 0.963 bits per heavy atom. The standard InChI is InChI=1S/C55H77N13O12/c1-77-44-20-16-32(28-36(44)48(61)69)63-55(76)43(15-11-27-59)68-51(72)39-31-35(19-23-47(39)80-4)65-54(75)42(14-7-10-26-58)67-50(71)38-30-34(18-22-46(38)79-3)64-53(74)41(13-6-9-25-57)66-49(70)37-29-33(17-21-45(37)78-2)62-52(73)40(60)12-5-8-24-56/h16-23,28-31,40-43H,5-15,24-27,56-60H2,1-4H3,(H2,61,69)(H,62,73)(H,63,76)(H,64,74)(H,65,75)(H,66,70)(H,67,71)(H,68,72)/t40-,41-,42-,43-/m0/s1. The van der Waals surface area contributed by atoms with Crippen LogP contribution in [0.15, 0.2) is 72.8 Å². The first-order chi connectivity index (χ1) is 38.4. The zero-order valence-electron chi connectivity index (χ0n) is 45.7. The van der Waals surface area contributed by atoms with Crippen LogP contribution in [0.2, 0.25) is 0 Å². The second-order valence-corrected chi connectivity index (χ2v) is 18.5. The highest BCUT2D eigenvalue weighted by Crippen LogP contribution is 2.28. The van der Waals surface area contributed by atoms with Gasteiger partial charge >= 0.3 is 0 Å². The molecule has 0 unspecified atom stereocenters. The van der Waals surface area contributed by atoms with Crippen molar-refractivity contribution in [2.45, 2.75) is 94.8 Å². The smallest absolute Gasteiger partial charge is 0.255 e. The van der Waals surface area contributed by atoms with Crippen molar-refractivity contribution < 1.29 is 57.3 Å². The zero-order chi connectivity index (χ0) is 58.7. The van der Waals surface area contributed by atoms with Crippen LogP contribution in [0.1, 0.15) is 112 Å². The number of nitrogens with one attached hydrogen (secondary N) is 7. The van der Waals surface area contributed by atoms with Crippen molar-refractivity contribution in [2.24, 2.45) is 34.4 Å². The van der Waals surface area contributed by atoms with Gasteiger partial charge in [-0.1, -0.05) is 6.42 Å².